The van der Waals surface area contributed by atoms with Crippen molar-refractivity contribution in [1.82, 2.24) is 9.55 Å². The zero-order chi connectivity index (χ0) is 10.5. The average molecular weight is 202 g/mol. The number of nitrogens with zero attached hydrogens (tertiary/aromatic N) is 2. The largest absolute Gasteiger partial charge is 0.487 e. The summed E-state index contributed by atoms with van der Waals surface area (Å²) in [6.07, 6.45) is 3.83. The van der Waals surface area contributed by atoms with E-state index in [1.54, 1.807) is 0 Å². The number of hydrogen-bond acceptors (Lipinski definition) is 2. The first-order chi connectivity index (χ1) is 7.38. The first-order valence-corrected chi connectivity index (χ1v) is 5.07. The summed E-state index contributed by atoms with van der Waals surface area (Å²) in [4.78, 5) is 4.24. The second-order valence-electron chi connectivity index (χ2n) is 3.30. The number of aryl methyl sites for hydroxylation is 1. The predicted octanol–water partition coefficient (Wildman–Crippen LogP) is 2.48. The van der Waals surface area contributed by atoms with E-state index < -0.39 is 0 Å². The predicted molar refractivity (Wildman–Crippen MR) is 58.7 cm³/mol. The summed E-state index contributed by atoms with van der Waals surface area (Å²) in [5.74, 6) is 0.878. The number of ether oxygens (including phenoxy) is 1. The highest BCUT2D eigenvalue weighted by Gasteiger charge is 1.98. The average Bonchev–Trinajstić information content (AvgIpc) is 2.76. The second kappa shape index (κ2) is 4.64. The second-order valence-corrected chi connectivity index (χ2v) is 3.30. The highest BCUT2D eigenvalue weighted by atomic mass is 16.5. The molecule has 1 aromatic carbocycles. The van der Waals surface area contributed by atoms with E-state index in [9.17, 15) is 0 Å². The molecule has 0 atom stereocenters. The van der Waals surface area contributed by atoms with E-state index in [0.29, 0.717) is 6.61 Å². The maximum Gasteiger partial charge on any atom is 0.132 e. The first kappa shape index (κ1) is 9.77. The SMILES string of the molecule is CCn1cnc(COc2ccccc2)c1. The number of imidazole rings is 1. The molecule has 0 bridgehead atoms. The molecule has 2 aromatic rings. The number of para-hydroxylation sites is 1. The lowest BCUT2D eigenvalue weighted by Gasteiger charge is -2.02. The summed E-state index contributed by atoms with van der Waals surface area (Å²) in [6, 6.07) is 9.77. The number of benzene rings is 1. The van der Waals surface area contributed by atoms with Gasteiger partial charge < -0.3 is 9.30 Å². The highest BCUT2D eigenvalue weighted by Crippen LogP contribution is 2.10. The van der Waals surface area contributed by atoms with Crippen molar-refractivity contribution in [1.29, 1.82) is 0 Å². The van der Waals surface area contributed by atoms with Crippen LogP contribution in [-0.2, 0) is 13.2 Å². The van der Waals surface area contributed by atoms with E-state index in [4.69, 9.17) is 4.74 Å². The summed E-state index contributed by atoms with van der Waals surface area (Å²) in [5, 5.41) is 0. The van der Waals surface area contributed by atoms with Crippen molar-refractivity contribution in [3.63, 3.8) is 0 Å². The van der Waals surface area contributed by atoms with E-state index in [2.05, 4.69) is 11.9 Å². The van der Waals surface area contributed by atoms with Crippen molar-refractivity contribution in [3.05, 3.63) is 48.5 Å². The van der Waals surface area contributed by atoms with Crippen molar-refractivity contribution < 1.29 is 4.74 Å². The fraction of sp³-hybridized carbons (Fsp3) is 0.250. The number of aromatic nitrogens is 2. The van der Waals surface area contributed by atoms with Gasteiger partial charge in [-0.05, 0) is 19.1 Å². The Bertz CT molecular complexity index is 409. The summed E-state index contributed by atoms with van der Waals surface area (Å²) in [5.41, 5.74) is 0.959. The minimum Gasteiger partial charge on any atom is -0.487 e. The molecule has 2 rings (SSSR count). The third-order valence-corrected chi connectivity index (χ3v) is 2.18. The molecule has 0 N–H and O–H groups in total. The molecule has 0 unspecified atom stereocenters. The number of hydrogen-bond donors (Lipinski definition) is 0. The van der Waals surface area contributed by atoms with Gasteiger partial charge in [0.2, 0.25) is 0 Å². The van der Waals surface area contributed by atoms with Crippen molar-refractivity contribution in [3.8, 4) is 5.75 Å². The van der Waals surface area contributed by atoms with Crippen LogP contribution < -0.4 is 4.74 Å². The summed E-state index contributed by atoms with van der Waals surface area (Å²) in [7, 11) is 0. The molecule has 3 nitrogen and oxygen atoms in total. The minimum absolute atomic E-state index is 0.525. The molecule has 1 aromatic heterocycles. The van der Waals surface area contributed by atoms with Gasteiger partial charge in [-0.1, -0.05) is 18.2 Å². The van der Waals surface area contributed by atoms with Gasteiger partial charge in [-0.3, -0.25) is 0 Å². The Hall–Kier alpha value is -1.77. The van der Waals surface area contributed by atoms with Crippen LogP contribution in [0.15, 0.2) is 42.9 Å². The first-order valence-electron chi connectivity index (χ1n) is 5.07. The standard InChI is InChI=1S/C12H14N2O/c1-2-14-8-11(13-10-14)9-15-12-6-4-3-5-7-12/h3-8,10H,2,9H2,1H3. The molecule has 0 aliphatic carbocycles. The van der Waals surface area contributed by atoms with Gasteiger partial charge in [0, 0.05) is 12.7 Å². The van der Waals surface area contributed by atoms with Crippen LogP contribution in [0.2, 0.25) is 0 Å². The Morgan fingerprint density at radius 2 is 2.07 bits per heavy atom. The van der Waals surface area contributed by atoms with Crippen LogP contribution in [0.4, 0.5) is 0 Å². The molecule has 1 heterocycles. The molecule has 78 valence electrons. The van der Waals surface area contributed by atoms with Gasteiger partial charge in [-0.25, -0.2) is 4.98 Å². The van der Waals surface area contributed by atoms with Crippen LogP contribution in [0.3, 0.4) is 0 Å². The van der Waals surface area contributed by atoms with Gasteiger partial charge in [-0.15, -0.1) is 0 Å². The molecule has 3 heteroatoms. The fourth-order valence-corrected chi connectivity index (χ4v) is 1.33. The van der Waals surface area contributed by atoms with E-state index in [-0.39, 0.29) is 0 Å². The Morgan fingerprint density at radius 3 is 2.73 bits per heavy atom. The highest BCUT2D eigenvalue weighted by molar-refractivity contribution is 5.21. The minimum atomic E-state index is 0.525. The third-order valence-electron chi connectivity index (χ3n) is 2.18. The Kier molecular flexibility index (Phi) is 3.02. The van der Waals surface area contributed by atoms with Crippen LogP contribution in [0, 0.1) is 0 Å². The number of rotatable bonds is 4. The van der Waals surface area contributed by atoms with Gasteiger partial charge in [0.1, 0.15) is 12.4 Å². The molecule has 0 amide bonds. The Balaban J connectivity index is 1.93. The van der Waals surface area contributed by atoms with Gasteiger partial charge in [-0.2, -0.15) is 0 Å². The monoisotopic (exact) mass is 202 g/mol. The Morgan fingerprint density at radius 1 is 1.27 bits per heavy atom. The summed E-state index contributed by atoms with van der Waals surface area (Å²) in [6.45, 7) is 3.55. The van der Waals surface area contributed by atoms with E-state index in [0.717, 1.165) is 18.0 Å². The van der Waals surface area contributed by atoms with Crippen molar-refractivity contribution >= 4 is 0 Å². The van der Waals surface area contributed by atoms with Crippen molar-refractivity contribution in [2.45, 2.75) is 20.1 Å². The van der Waals surface area contributed by atoms with E-state index in [1.165, 1.54) is 0 Å². The van der Waals surface area contributed by atoms with E-state index >= 15 is 0 Å². The van der Waals surface area contributed by atoms with Gasteiger partial charge in [0.25, 0.3) is 0 Å². The lowest BCUT2D eigenvalue weighted by Crippen LogP contribution is -1.95. The van der Waals surface area contributed by atoms with Crippen LogP contribution in [-0.4, -0.2) is 9.55 Å². The summed E-state index contributed by atoms with van der Waals surface area (Å²) < 4.78 is 7.61. The topological polar surface area (TPSA) is 27.1 Å². The molecule has 0 fully saturated rings. The molecule has 0 aliphatic rings. The zero-order valence-corrected chi connectivity index (χ0v) is 8.76. The van der Waals surface area contributed by atoms with Crippen molar-refractivity contribution in [2.75, 3.05) is 0 Å². The van der Waals surface area contributed by atoms with Gasteiger partial charge in [0.05, 0.1) is 12.0 Å². The Labute approximate surface area is 89.3 Å². The fourth-order valence-electron chi connectivity index (χ4n) is 1.33. The van der Waals surface area contributed by atoms with Crippen molar-refractivity contribution in [2.24, 2.45) is 0 Å². The van der Waals surface area contributed by atoms with Crippen LogP contribution in [0.5, 0.6) is 5.75 Å². The summed E-state index contributed by atoms with van der Waals surface area (Å²) >= 11 is 0. The maximum atomic E-state index is 5.57. The molecular weight excluding hydrogens is 188 g/mol. The van der Waals surface area contributed by atoms with Gasteiger partial charge >= 0.3 is 0 Å². The zero-order valence-electron chi connectivity index (χ0n) is 8.76. The quantitative estimate of drug-likeness (QED) is 0.761. The molecule has 15 heavy (non-hydrogen) atoms. The lowest BCUT2D eigenvalue weighted by atomic mass is 10.3. The van der Waals surface area contributed by atoms with Gasteiger partial charge in [0.15, 0.2) is 0 Å². The third kappa shape index (κ3) is 2.59. The van der Waals surface area contributed by atoms with E-state index in [1.807, 2.05) is 47.4 Å². The molecule has 0 aliphatic heterocycles. The maximum absolute atomic E-state index is 5.57. The smallest absolute Gasteiger partial charge is 0.132 e. The lowest BCUT2D eigenvalue weighted by molar-refractivity contribution is 0.302. The van der Waals surface area contributed by atoms with Crippen LogP contribution >= 0.6 is 0 Å². The van der Waals surface area contributed by atoms with Crippen LogP contribution in [0.1, 0.15) is 12.6 Å². The molecule has 0 spiro atoms. The molecule has 0 saturated heterocycles. The molecule has 0 radical (unpaired) electrons. The van der Waals surface area contributed by atoms with Crippen LogP contribution in [0.25, 0.3) is 0 Å². The molecule has 0 saturated carbocycles. The molecular formula is C12H14N2O. The normalized spacial score (nSPS) is 10.2.